The first-order valence-corrected chi connectivity index (χ1v) is 8.79. The zero-order valence-electron chi connectivity index (χ0n) is 14.9. The van der Waals surface area contributed by atoms with E-state index in [1.54, 1.807) is 12.1 Å². The Kier molecular flexibility index (Phi) is 4.28. The Morgan fingerprint density at radius 3 is 2.77 bits per heavy atom. The second kappa shape index (κ2) is 6.74. The Morgan fingerprint density at radius 2 is 2.00 bits per heavy atom. The van der Waals surface area contributed by atoms with Crippen LogP contribution in [0.2, 0.25) is 0 Å². The zero-order chi connectivity index (χ0) is 18.1. The summed E-state index contributed by atoms with van der Waals surface area (Å²) in [6.07, 6.45) is 2.07. The summed E-state index contributed by atoms with van der Waals surface area (Å²) in [6, 6.07) is 9.12. The van der Waals surface area contributed by atoms with Crippen LogP contribution in [0.3, 0.4) is 0 Å². The number of aromatic hydroxyl groups is 1. The molecule has 7 nitrogen and oxygen atoms in total. The molecule has 1 aliphatic rings. The number of para-hydroxylation sites is 1. The lowest BCUT2D eigenvalue weighted by Gasteiger charge is -2.32. The second-order valence-corrected chi connectivity index (χ2v) is 6.67. The van der Waals surface area contributed by atoms with E-state index in [0.717, 1.165) is 43.3 Å². The number of hydrogen-bond donors (Lipinski definition) is 1. The van der Waals surface area contributed by atoms with Crippen LogP contribution >= 0.6 is 0 Å². The molecule has 3 heterocycles. The van der Waals surface area contributed by atoms with Gasteiger partial charge in [-0.2, -0.15) is 4.98 Å². The number of piperidine rings is 1. The van der Waals surface area contributed by atoms with E-state index in [-0.39, 0.29) is 11.7 Å². The van der Waals surface area contributed by atoms with Crippen LogP contribution in [-0.4, -0.2) is 38.3 Å². The lowest BCUT2D eigenvalue weighted by Crippen LogP contribution is -2.35. The van der Waals surface area contributed by atoms with Gasteiger partial charge in [0.2, 0.25) is 5.89 Å². The van der Waals surface area contributed by atoms with E-state index < -0.39 is 0 Å². The molecule has 1 fully saturated rings. The molecule has 0 bridgehead atoms. The summed E-state index contributed by atoms with van der Waals surface area (Å²) in [5, 5.41) is 14.2. The fraction of sp³-hybridized carbons (Fsp3) is 0.368. The summed E-state index contributed by atoms with van der Waals surface area (Å²) >= 11 is 0. The van der Waals surface area contributed by atoms with E-state index in [4.69, 9.17) is 9.51 Å². The minimum atomic E-state index is 0.183. The molecule has 0 saturated carbocycles. The molecule has 1 aromatic carbocycles. The van der Waals surface area contributed by atoms with Gasteiger partial charge in [-0.1, -0.05) is 17.3 Å². The van der Waals surface area contributed by atoms with Crippen molar-refractivity contribution in [2.24, 2.45) is 0 Å². The van der Waals surface area contributed by atoms with Crippen molar-refractivity contribution in [2.45, 2.75) is 32.6 Å². The molecule has 7 heteroatoms. The topological polar surface area (TPSA) is 88.2 Å². The number of nitrogens with zero attached hydrogens (tertiary/aromatic N) is 5. The first-order chi connectivity index (χ1) is 12.6. The van der Waals surface area contributed by atoms with Gasteiger partial charge in [-0.25, -0.2) is 9.97 Å². The van der Waals surface area contributed by atoms with Crippen molar-refractivity contribution in [1.82, 2.24) is 20.1 Å². The van der Waals surface area contributed by atoms with Gasteiger partial charge in [-0.15, -0.1) is 0 Å². The fourth-order valence-corrected chi connectivity index (χ4v) is 3.37. The van der Waals surface area contributed by atoms with Gasteiger partial charge in [0, 0.05) is 37.7 Å². The molecule has 134 valence electrons. The Morgan fingerprint density at radius 1 is 1.15 bits per heavy atom. The zero-order valence-corrected chi connectivity index (χ0v) is 14.9. The molecule has 0 spiro atoms. The Balaban J connectivity index is 1.64. The number of phenolic OH excluding ortho intramolecular Hbond substituents is 1. The summed E-state index contributed by atoms with van der Waals surface area (Å²) in [7, 11) is 0. The standard InChI is InChI=1S/C19H21N5O2/c1-12-10-17(22-19(20-12)15-7-3-4-8-16(15)25)24-9-5-6-14(11-24)18-21-13(2)26-23-18/h3-4,7-8,10,14,25H,5-6,9,11H2,1-2H3/t14-/m0/s1. The summed E-state index contributed by atoms with van der Waals surface area (Å²) in [5.74, 6) is 3.17. The third-order valence-corrected chi connectivity index (χ3v) is 4.64. The third-order valence-electron chi connectivity index (χ3n) is 4.64. The minimum Gasteiger partial charge on any atom is -0.507 e. The number of rotatable bonds is 3. The normalized spacial score (nSPS) is 17.5. The predicted octanol–water partition coefficient (Wildman–Crippen LogP) is 3.23. The van der Waals surface area contributed by atoms with Crippen LogP contribution in [0.1, 0.15) is 36.2 Å². The Hall–Kier alpha value is -2.96. The van der Waals surface area contributed by atoms with Crippen LogP contribution in [0, 0.1) is 13.8 Å². The van der Waals surface area contributed by atoms with Crippen molar-refractivity contribution in [3.63, 3.8) is 0 Å². The Bertz CT molecular complexity index is 924. The number of aryl methyl sites for hydroxylation is 2. The average Bonchev–Trinajstić information content (AvgIpc) is 3.08. The van der Waals surface area contributed by atoms with Crippen molar-refractivity contribution in [2.75, 3.05) is 18.0 Å². The molecule has 3 aromatic rings. The molecule has 0 aliphatic carbocycles. The molecule has 1 saturated heterocycles. The van der Waals surface area contributed by atoms with Crippen molar-refractivity contribution in [3.8, 4) is 17.1 Å². The number of anilines is 1. The van der Waals surface area contributed by atoms with Crippen molar-refractivity contribution in [3.05, 3.63) is 47.7 Å². The van der Waals surface area contributed by atoms with Gasteiger partial charge in [0.1, 0.15) is 11.6 Å². The van der Waals surface area contributed by atoms with Crippen LogP contribution in [0.25, 0.3) is 11.4 Å². The number of benzene rings is 1. The molecule has 1 N–H and O–H groups in total. The third kappa shape index (κ3) is 3.24. The van der Waals surface area contributed by atoms with Crippen LogP contribution in [0.5, 0.6) is 5.75 Å². The summed E-state index contributed by atoms with van der Waals surface area (Å²) in [4.78, 5) is 15.8. The molecule has 0 radical (unpaired) electrons. The van der Waals surface area contributed by atoms with E-state index in [2.05, 4.69) is 20.0 Å². The largest absolute Gasteiger partial charge is 0.507 e. The van der Waals surface area contributed by atoms with E-state index in [1.165, 1.54) is 0 Å². The average molecular weight is 351 g/mol. The van der Waals surface area contributed by atoms with Crippen LogP contribution in [-0.2, 0) is 0 Å². The summed E-state index contributed by atoms with van der Waals surface area (Å²) in [5.41, 5.74) is 1.51. The first-order valence-electron chi connectivity index (χ1n) is 8.79. The molecule has 0 unspecified atom stereocenters. The van der Waals surface area contributed by atoms with E-state index in [9.17, 15) is 5.11 Å². The maximum absolute atomic E-state index is 10.1. The maximum Gasteiger partial charge on any atom is 0.223 e. The quantitative estimate of drug-likeness (QED) is 0.775. The number of phenols is 1. The lowest BCUT2D eigenvalue weighted by atomic mass is 9.97. The van der Waals surface area contributed by atoms with Gasteiger partial charge in [0.05, 0.1) is 5.56 Å². The fourth-order valence-electron chi connectivity index (χ4n) is 3.37. The van der Waals surface area contributed by atoms with Crippen LogP contribution in [0.4, 0.5) is 5.82 Å². The molecule has 0 amide bonds. The molecular weight excluding hydrogens is 330 g/mol. The van der Waals surface area contributed by atoms with Crippen LogP contribution in [0.15, 0.2) is 34.9 Å². The molecular formula is C19H21N5O2. The van der Waals surface area contributed by atoms with E-state index in [1.807, 2.05) is 32.0 Å². The van der Waals surface area contributed by atoms with Crippen LogP contribution < -0.4 is 4.90 Å². The highest BCUT2D eigenvalue weighted by Gasteiger charge is 2.26. The van der Waals surface area contributed by atoms with Crippen molar-refractivity contribution >= 4 is 5.82 Å². The van der Waals surface area contributed by atoms with E-state index in [0.29, 0.717) is 17.3 Å². The highest BCUT2D eigenvalue weighted by Crippen LogP contribution is 2.31. The molecule has 1 aliphatic heterocycles. The van der Waals surface area contributed by atoms with Crippen molar-refractivity contribution in [1.29, 1.82) is 0 Å². The summed E-state index contributed by atoms with van der Waals surface area (Å²) < 4.78 is 5.13. The van der Waals surface area contributed by atoms with E-state index >= 15 is 0 Å². The van der Waals surface area contributed by atoms with Gasteiger partial charge in [-0.05, 0) is 31.9 Å². The highest BCUT2D eigenvalue weighted by molar-refractivity contribution is 5.65. The second-order valence-electron chi connectivity index (χ2n) is 6.67. The maximum atomic E-state index is 10.1. The van der Waals surface area contributed by atoms with Gasteiger partial charge in [0.25, 0.3) is 0 Å². The van der Waals surface area contributed by atoms with Gasteiger partial charge < -0.3 is 14.5 Å². The van der Waals surface area contributed by atoms with Gasteiger partial charge in [-0.3, -0.25) is 0 Å². The molecule has 26 heavy (non-hydrogen) atoms. The summed E-state index contributed by atoms with van der Waals surface area (Å²) in [6.45, 7) is 5.46. The monoisotopic (exact) mass is 351 g/mol. The van der Waals surface area contributed by atoms with Gasteiger partial charge >= 0.3 is 0 Å². The number of hydrogen-bond acceptors (Lipinski definition) is 7. The highest BCUT2D eigenvalue weighted by atomic mass is 16.5. The SMILES string of the molecule is Cc1cc(N2CCC[C@H](c3noc(C)n3)C2)nc(-c2ccccc2O)n1. The van der Waals surface area contributed by atoms with Gasteiger partial charge in [0.15, 0.2) is 11.6 Å². The first kappa shape index (κ1) is 16.5. The molecule has 1 atom stereocenters. The predicted molar refractivity (Wildman–Crippen MR) is 97.1 cm³/mol. The minimum absolute atomic E-state index is 0.183. The molecule has 2 aromatic heterocycles. The lowest BCUT2D eigenvalue weighted by molar-refractivity contribution is 0.376. The molecule has 4 rings (SSSR count). The number of aromatic nitrogens is 4. The van der Waals surface area contributed by atoms with Crippen molar-refractivity contribution < 1.29 is 9.63 Å². The Labute approximate surface area is 151 Å². The smallest absolute Gasteiger partial charge is 0.223 e.